The van der Waals surface area contributed by atoms with Crippen LogP contribution in [0.25, 0.3) is 0 Å². The van der Waals surface area contributed by atoms with Crippen LogP contribution >= 0.6 is 12.4 Å². The monoisotopic (exact) mass is 654 g/mol. The third-order valence-electron chi connectivity index (χ3n) is 9.92. The first-order chi connectivity index (χ1) is 21.7. The summed E-state index contributed by atoms with van der Waals surface area (Å²) in [6, 6.07) is 0.158. The Morgan fingerprint density at radius 3 is 1.31 bits per heavy atom. The van der Waals surface area contributed by atoms with E-state index < -0.39 is 0 Å². The minimum Gasteiger partial charge on any atom is -0.372 e. The molecule has 1 aliphatic rings. The van der Waals surface area contributed by atoms with Crippen molar-refractivity contribution in [2.75, 3.05) is 13.1 Å². The number of rotatable bonds is 34. The number of carbonyl (C=O) groups excluding carboxylic acids is 1. The van der Waals surface area contributed by atoms with E-state index in [9.17, 15) is 4.79 Å². The van der Waals surface area contributed by atoms with E-state index in [1.165, 1.54) is 180 Å². The fourth-order valence-electron chi connectivity index (χ4n) is 6.93. The fourth-order valence-corrected chi connectivity index (χ4v) is 6.93. The van der Waals surface area contributed by atoms with Gasteiger partial charge in [-0.15, -0.1) is 12.4 Å². The lowest BCUT2D eigenvalue weighted by atomic mass is 9.92. The van der Waals surface area contributed by atoms with Crippen molar-refractivity contribution in [3.05, 3.63) is 0 Å². The number of amides is 1. The van der Waals surface area contributed by atoms with Gasteiger partial charge in [-0.2, -0.15) is 0 Å². The van der Waals surface area contributed by atoms with Crippen molar-refractivity contribution < 1.29 is 4.79 Å². The first-order valence-electron chi connectivity index (χ1n) is 20.3. The molecule has 1 rings (SSSR count). The summed E-state index contributed by atoms with van der Waals surface area (Å²) in [4.78, 5) is 17.5. The number of amidine groups is 1. The van der Waals surface area contributed by atoms with E-state index in [1.807, 2.05) is 0 Å². The molecule has 0 fully saturated rings. The highest BCUT2D eigenvalue weighted by Crippen LogP contribution is 2.20. The summed E-state index contributed by atoms with van der Waals surface area (Å²) in [5.41, 5.74) is 0. The van der Waals surface area contributed by atoms with Crippen LogP contribution in [0.4, 0.5) is 0 Å². The molecule has 2 N–H and O–H groups in total. The van der Waals surface area contributed by atoms with Crippen LogP contribution in [-0.4, -0.2) is 30.9 Å². The van der Waals surface area contributed by atoms with Gasteiger partial charge in [-0.05, 0) is 19.8 Å². The first kappa shape index (κ1) is 44.2. The fraction of sp³-hybridized carbons (Fsp3) is 0.950. The molecule has 0 saturated carbocycles. The largest absolute Gasteiger partial charge is 0.372 e. The Morgan fingerprint density at radius 2 is 0.956 bits per heavy atom. The van der Waals surface area contributed by atoms with Gasteiger partial charge >= 0.3 is 0 Å². The zero-order valence-electron chi connectivity index (χ0n) is 30.8. The standard InChI is InChI=1S/C40H79N3O.ClH/c1-4-6-8-10-12-14-16-18-20-22-24-26-28-30-32-34-39(44)43-37(3)38(40-41-35-36-42-40)33-31-29-27-25-23-21-19-17-15-13-11-9-7-5-2;/h37-38H,4-36H2,1-3H3,(H,41,42)(H,43,44);1H. The zero-order chi connectivity index (χ0) is 31.8. The molecule has 0 spiro atoms. The van der Waals surface area contributed by atoms with Gasteiger partial charge < -0.3 is 10.6 Å². The molecule has 2 atom stereocenters. The van der Waals surface area contributed by atoms with Crippen molar-refractivity contribution in [2.24, 2.45) is 10.9 Å². The van der Waals surface area contributed by atoms with Crippen LogP contribution in [0, 0.1) is 5.92 Å². The smallest absolute Gasteiger partial charge is 0.220 e. The molecule has 2 unspecified atom stereocenters. The van der Waals surface area contributed by atoms with Crippen LogP contribution < -0.4 is 10.6 Å². The van der Waals surface area contributed by atoms with E-state index in [1.54, 1.807) is 0 Å². The summed E-state index contributed by atoms with van der Waals surface area (Å²) in [5, 5.41) is 6.86. The topological polar surface area (TPSA) is 53.5 Å². The van der Waals surface area contributed by atoms with Crippen LogP contribution in [0.5, 0.6) is 0 Å². The van der Waals surface area contributed by atoms with Gasteiger partial charge in [0.1, 0.15) is 5.84 Å². The Balaban J connectivity index is 0.0000194. The molecule has 1 amide bonds. The van der Waals surface area contributed by atoms with Crippen LogP contribution in [0.1, 0.15) is 220 Å². The van der Waals surface area contributed by atoms with Crippen molar-refractivity contribution in [3.8, 4) is 0 Å². The lowest BCUT2D eigenvalue weighted by Crippen LogP contribution is -2.44. The summed E-state index contributed by atoms with van der Waals surface area (Å²) in [6.07, 6.45) is 41.7. The lowest BCUT2D eigenvalue weighted by Gasteiger charge is -2.25. The molecule has 0 aromatic heterocycles. The molecular weight excluding hydrogens is 574 g/mol. The van der Waals surface area contributed by atoms with Crippen molar-refractivity contribution >= 4 is 24.1 Å². The molecule has 0 bridgehead atoms. The molecule has 0 aromatic carbocycles. The second-order valence-corrected chi connectivity index (χ2v) is 14.2. The molecule has 268 valence electrons. The van der Waals surface area contributed by atoms with Gasteiger partial charge in [0.2, 0.25) is 5.91 Å². The van der Waals surface area contributed by atoms with E-state index in [4.69, 9.17) is 4.99 Å². The van der Waals surface area contributed by atoms with Crippen LogP contribution in [-0.2, 0) is 4.79 Å². The number of nitrogens with zero attached hydrogens (tertiary/aromatic N) is 1. The van der Waals surface area contributed by atoms with Gasteiger partial charge in [0.15, 0.2) is 0 Å². The van der Waals surface area contributed by atoms with E-state index in [2.05, 4.69) is 31.4 Å². The minimum atomic E-state index is 0. The van der Waals surface area contributed by atoms with Crippen LogP contribution in [0.15, 0.2) is 4.99 Å². The second-order valence-electron chi connectivity index (χ2n) is 14.2. The van der Waals surface area contributed by atoms with Crippen molar-refractivity contribution in [1.29, 1.82) is 0 Å². The Kier molecular flexibility index (Phi) is 34.0. The summed E-state index contributed by atoms with van der Waals surface area (Å²) >= 11 is 0. The number of nitrogens with one attached hydrogen (secondary N) is 2. The highest BCUT2D eigenvalue weighted by molar-refractivity contribution is 5.87. The number of aliphatic imine (C=N–C) groups is 1. The Bertz CT molecular complexity index is 655. The van der Waals surface area contributed by atoms with Gasteiger partial charge in [-0.25, -0.2) is 0 Å². The second kappa shape index (κ2) is 34.6. The zero-order valence-corrected chi connectivity index (χ0v) is 31.6. The predicted molar refractivity (Wildman–Crippen MR) is 203 cm³/mol. The van der Waals surface area contributed by atoms with E-state index in [-0.39, 0.29) is 24.4 Å². The predicted octanol–water partition coefficient (Wildman–Crippen LogP) is 12.7. The van der Waals surface area contributed by atoms with Crippen LogP contribution in [0.2, 0.25) is 0 Å². The summed E-state index contributed by atoms with van der Waals surface area (Å²) < 4.78 is 0. The average Bonchev–Trinajstić information content (AvgIpc) is 3.55. The SMILES string of the molecule is CCCCCCCCCCCCCCCCCC(=O)NC(C)C(CCCCCCCCCCCCCCCC)C1=NCCN1.Cl. The molecular formula is C40H80ClN3O. The molecule has 0 aliphatic carbocycles. The molecule has 45 heavy (non-hydrogen) atoms. The van der Waals surface area contributed by atoms with Gasteiger partial charge in [0, 0.05) is 24.9 Å². The van der Waals surface area contributed by atoms with Crippen molar-refractivity contribution in [3.63, 3.8) is 0 Å². The molecule has 1 heterocycles. The van der Waals surface area contributed by atoms with Crippen molar-refractivity contribution in [1.82, 2.24) is 10.6 Å². The maximum atomic E-state index is 12.7. The Hall–Kier alpha value is -0.770. The normalized spacial score (nSPS) is 14.1. The van der Waals surface area contributed by atoms with E-state index in [0.29, 0.717) is 12.3 Å². The Labute approximate surface area is 288 Å². The van der Waals surface area contributed by atoms with Gasteiger partial charge in [-0.3, -0.25) is 9.79 Å². The van der Waals surface area contributed by atoms with Crippen molar-refractivity contribution in [2.45, 2.75) is 226 Å². The maximum Gasteiger partial charge on any atom is 0.220 e. The number of hydrogen-bond donors (Lipinski definition) is 2. The minimum absolute atomic E-state index is 0. The quantitative estimate of drug-likeness (QED) is 0.0679. The summed E-state index contributed by atoms with van der Waals surface area (Å²) in [5.74, 6) is 1.70. The molecule has 0 radical (unpaired) electrons. The van der Waals surface area contributed by atoms with Gasteiger partial charge in [0.25, 0.3) is 0 Å². The molecule has 5 heteroatoms. The van der Waals surface area contributed by atoms with E-state index >= 15 is 0 Å². The molecule has 4 nitrogen and oxygen atoms in total. The third-order valence-corrected chi connectivity index (χ3v) is 9.92. The number of hydrogen-bond acceptors (Lipinski definition) is 3. The first-order valence-corrected chi connectivity index (χ1v) is 20.3. The average molecular weight is 655 g/mol. The highest BCUT2D eigenvalue weighted by Gasteiger charge is 2.25. The number of halogens is 1. The number of unbranched alkanes of at least 4 members (excludes halogenated alkanes) is 27. The van der Waals surface area contributed by atoms with Crippen LogP contribution in [0.3, 0.4) is 0 Å². The molecule has 0 saturated heterocycles. The molecule has 1 aliphatic heterocycles. The summed E-state index contributed by atoms with van der Waals surface area (Å²) in [7, 11) is 0. The maximum absolute atomic E-state index is 12.7. The third kappa shape index (κ3) is 28.0. The van der Waals surface area contributed by atoms with E-state index in [0.717, 1.165) is 31.8 Å². The molecule has 0 aromatic rings. The van der Waals surface area contributed by atoms with Gasteiger partial charge in [0.05, 0.1) is 6.54 Å². The summed E-state index contributed by atoms with van der Waals surface area (Å²) in [6.45, 7) is 8.61. The lowest BCUT2D eigenvalue weighted by molar-refractivity contribution is -0.122. The number of carbonyl (C=O) groups is 1. The highest BCUT2D eigenvalue weighted by atomic mass is 35.5. The Morgan fingerprint density at radius 1 is 0.600 bits per heavy atom. The van der Waals surface area contributed by atoms with Gasteiger partial charge in [-0.1, -0.05) is 194 Å².